The SMILES string of the molecule is Cc1ccc(Cl)c2c1N=CC(C(=O)O)C2=O. The van der Waals surface area contributed by atoms with Crippen LogP contribution in [-0.2, 0) is 4.79 Å². The number of hydrogen-bond acceptors (Lipinski definition) is 3. The van der Waals surface area contributed by atoms with Crippen molar-refractivity contribution in [2.75, 3.05) is 0 Å². The normalized spacial score (nSPS) is 18.4. The third kappa shape index (κ3) is 1.51. The second kappa shape index (κ2) is 3.72. The molecule has 82 valence electrons. The molecule has 1 aromatic carbocycles. The Bertz CT molecular complexity index is 522. The molecule has 0 bridgehead atoms. The van der Waals surface area contributed by atoms with Gasteiger partial charge in [0.15, 0.2) is 11.7 Å². The van der Waals surface area contributed by atoms with Crippen molar-refractivity contribution in [3.8, 4) is 0 Å². The molecular weight excluding hydrogens is 230 g/mol. The minimum atomic E-state index is -1.23. The fourth-order valence-electron chi connectivity index (χ4n) is 1.62. The Kier molecular flexibility index (Phi) is 2.52. The molecule has 1 N–H and O–H groups in total. The van der Waals surface area contributed by atoms with Gasteiger partial charge in [0.1, 0.15) is 0 Å². The highest BCUT2D eigenvalue weighted by atomic mass is 35.5. The molecular formula is C11H8ClNO3. The molecule has 0 amide bonds. The maximum absolute atomic E-state index is 11.9. The summed E-state index contributed by atoms with van der Waals surface area (Å²) >= 11 is 5.89. The Morgan fingerprint density at radius 2 is 2.19 bits per heavy atom. The highest BCUT2D eigenvalue weighted by molar-refractivity contribution is 6.37. The number of carbonyl (C=O) groups excluding carboxylic acids is 1. The van der Waals surface area contributed by atoms with Crippen LogP contribution >= 0.6 is 11.6 Å². The lowest BCUT2D eigenvalue weighted by Gasteiger charge is -2.16. The second-order valence-corrected chi connectivity index (χ2v) is 3.95. The van der Waals surface area contributed by atoms with Crippen molar-refractivity contribution < 1.29 is 14.7 Å². The maximum atomic E-state index is 11.9. The van der Waals surface area contributed by atoms with Gasteiger partial charge in [0.2, 0.25) is 0 Å². The Morgan fingerprint density at radius 3 is 2.81 bits per heavy atom. The number of benzene rings is 1. The molecule has 4 nitrogen and oxygen atoms in total. The summed E-state index contributed by atoms with van der Waals surface area (Å²) in [4.78, 5) is 26.7. The van der Waals surface area contributed by atoms with Crippen LogP contribution in [0.4, 0.5) is 5.69 Å². The van der Waals surface area contributed by atoms with E-state index in [2.05, 4.69) is 4.99 Å². The van der Waals surface area contributed by atoms with Crippen molar-refractivity contribution in [3.05, 3.63) is 28.3 Å². The van der Waals surface area contributed by atoms with Crippen molar-refractivity contribution in [3.63, 3.8) is 0 Å². The summed E-state index contributed by atoms with van der Waals surface area (Å²) in [5.74, 6) is -2.95. The molecule has 1 aliphatic rings. The minimum absolute atomic E-state index is 0.205. The number of carbonyl (C=O) groups is 2. The van der Waals surface area contributed by atoms with Gasteiger partial charge in [-0.2, -0.15) is 0 Å². The first-order chi connectivity index (χ1) is 7.52. The van der Waals surface area contributed by atoms with Crippen LogP contribution in [0.2, 0.25) is 5.02 Å². The molecule has 1 atom stereocenters. The number of halogens is 1. The lowest BCUT2D eigenvalue weighted by molar-refractivity contribution is -0.137. The fourth-order valence-corrected chi connectivity index (χ4v) is 1.87. The summed E-state index contributed by atoms with van der Waals surface area (Å²) in [6.45, 7) is 1.79. The summed E-state index contributed by atoms with van der Waals surface area (Å²) in [7, 11) is 0. The van der Waals surface area contributed by atoms with E-state index < -0.39 is 17.7 Å². The van der Waals surface area contributed by atoms with Gasteiger partial charge in [0, 0.05) is 6.21 Å². The number of Topliss-reactive ketones (excluding diaryl/α,β-unsaturated/α-hetero) is 1. The zero-order chi connectivity index (χ0) is 11.9. The van der Waals surface area contributed by atoms with Crippen molar-refractivity contribution in [1.82, 2.24) is 0 Å². The molecule has 0 saturated heterocycles. The van der Waals surface area contributed by atoms with Crippen LogP contribution in [-0.4, -0.2) is 23.1 Å². The van der Waals surface area contributed by atoms with Crippen LogP contribution in [0.15, 0.2) is 17.1 Å². The summed E-state index contributed by atoms with van der Waals surface area (Å²) in [6, 6.07) is 3.32. The number of rotatable bonds is 1. The lowest BCUT2D eigenvalue weighted by Crippen LogP contribution is -2.28. The van der Waals surface area contributed by atoms with Crippen LogP contribution in [0.5, 0.6) is 0 Å². The zero-order valence-corrected chi connectivity index (χ0v) is 9.15. The van der Waals surface area contributed by atoms with Crippen LogP contribution in [0.3, 0.4) is 0 Å². The Hall–Kier alpha value is -1.68. The first-order valence-electron chi connectivity index (χ1n) is 4.62. The predicted molar refractivity (Wildman–Crippen MR) is 59.8 cm³/mol. The van der Waals surface area contributed by atoms with E-state index in [0.29, 0.717) is 5.69 Å². The molecule has 0 radical (unpaired) electrons. The van der Waals surface area contributed by atoms with Gasteiger partial charge in [0.05, 0.1) is 16.3 Å². The standard InChI is InChI=1S/C11H8ClNO3/c1-5-2-3-7(12)8-9(5)13-4-6(10(8)14)11(15)16/h2-4,6H,1H3,(H,15,16). The highest BCUT2D eigenvalue weighted by Crippen LogP contribution is 2.34. The van der Waals surface area contributed by atoms with Gasteiger partial charge in [-0.15, -0.1) is 0 Å². The van der Waals surface area contributed by atoms with Crippen LogP contribution in [0, 0.1) is 12.8 Å². The average molecular weight is 238 g/mol. The van der Waals surface area contributed by atoms with Crippen molar-refractivity contribution >= 4 is 35.3 Å². The van der Waals surface area contributed by atoms with E-state index in [-0.39, 0.29) is 10.6 Å². The van der Waals surface area contributed by atoms with E-state index in [9.17, 15) is 9.59 Å². The molecule has 1 heterocycles. The summed E-state index contributed by atoms with van der Waals surface area (Å²) in [5.41, 5.74) is 1.47. The molecule has 1 aliphatic heterocycles. The number of aliphatic carboxylic acids is 1. The van der Waals surface area contributed by atoms with E-state index in [0.717, 1.165) is 11.8 Å². The summed E-state index contributed by atoms with van der Waals surface area (Å²) in [6.07, 6.45) is 1.15. The first kappa shape index (κ1) is 10.8. The second-order valence-electron chi connectivity index (χ2n) is 3.55. The predicted octanol–water partition coefficient (Wildman–Crippen LogP) is 2.25. The molecule has 2 rings (SSSR count). The molecule has 1 aromatic rings. The minimum Gasteiger partial charge on any atom is -0.480 e. The molecule has 0 saturated carbocycles. The van der Waals surface area contributed by atoms with Crippen LogP contribution in [0.1, 0.15) is 15.9 Å². The van der Waals surface area contributed by atoms with Crippen molar-refractivity contribution in [1.29, 1.82) is 0 Å². The Balaban J connectivity index is 2.64. The number of hydrogen-bond donors (Lipinski definition) is 1. The number of nitrogens with zero attached hydrogens (tertiary/aromatic N) is 1. The Morgan fingerprint density at radius 1 is 1.50 bits per heavy atom. The smallest absolute Gasteiger partial charge is 0.319 e. The van der Waals surface area contributed by atoms with Crippen molar-refractivity contribution in [2.24, 2.45) is 10.9 Å². The molecule has 0 fully saturated rings. The number of aliphatic imine (C=N–C) groups is 1. The third-order valence-corrected chi connectivity index (χ3v) is 2.79. The van der Waals surface area contributed by atoms with E-state index in [1.807, 2.05) is 0 Å². The monoisotopic (exact) mass is 237 g/mol. The lowest BCUT2D eigenvalue weighted by atomic mass is 9.93. The van der Waals surface area contributed by atoms with Crippen LogP contribution in [0.25, 0.3) is 0 Å². The van der Waals surface area contributed by atoms with Gasteiger partial charge < -0.3 is 5.11 Å². The highest BCUT2D eigenvalue weighted by Gasteiger charge is 2.32. The summed E-state index contributed by atoms with van der Waals surface area (Å²) < 4.78 is 0. The van der Waals surface area contributed by atoms with Gasteiger partial charge in [0.25, 0.3) is 0 Å². The van der Waals surface area contributed by atoms with Crippen LogP contribution < -0.4 is 0 Å². The molecule has 5 heteroatoms. The molecule has 0 spiro atoms. The third-order valence-electron chi connectivity index (χ3n) is 2.48. The largest absolute Gasteiger partial charge is 0.480 e. The first-order valence-corrected chi connectivity index (χ1v) is 5.00. The fraction of sp³-hybridized carbons (Fsp3) is 0.182. The molecule has 1 unspecified atom stereocenters. The van der Waals surface area contributed by atoms with E-state index in [1.54, 1.807) is 19.1 Å². The zero-order valence-electron chi connectivity index (χ0n) is 8.40. The topological polar surface area (TPSA) is 66.7 Å². The van der Waals surface area contributed by atoms with E-state index in [1.165, 1.54) is 0 Å². The average Bonchev–Trinajstić information content (AvgIpc) is 2.23. The quantitative estimate of drug-likeness (QED) is 0.762. The summed E-state index contributed by atoms with van der Waals surface area (Å²) in [5, 5.41) is 9.08. The number of aryl methyl sites for hydroxylation is 1. The van der Waals surface area contributed by atoms with Gasteiger partial charge >= 0.3 is 5.97 Å². The van der Waals surface area contributed by atoms with E-state index >= 15 is 0 Å². The van der Waals surface area contributed by atoms with Gasteiger partial charge in [-0.3, -0.25) is 14.6 Å². The van der Waals surface area contributed by atoms with Gasteiger partial charge in [-0.1, -0.05) is 17.7 Å². The van der Waals surface area contributed by atoms with E-state index in [4.69, 9.17) is 16.7 Å². The van der Waals surface area contributed by atoms with Crippen molar-refractivity contribution in [2.45, 2.75) is 6.92 Å². The van der Waals surface area contributed by atoms with Gasteiger partial charge in [-0.25, -0.2) is 0 Å². The molecule has 16 heavy (non-hydrogen) atoms. The van der Waals surface area contributed by atoms with Gasteiger partial charge in [-0.05, 0) is 18.6 Å². The number of carboxylic acids is 1. The Labute approximate surface area is 96.6 Å². The molecule has 0 aliphatic carbocycles. The number of ketones is 1. The maximum Gasteiger partial charge on any atom is 0.319 e. The number of fused-ring (bicyclic) bond motifs is 1. The number of carboxylic acid groups (broad SMARTS) is 1. The molecule has 0 aromatic heterocycles.